The molecule has 4 heteroatoms. The van der Waals surface area contributed by atoms with Crippen LogP contribution < -0.4 is 0 Å². The van der Waals surface area contributed by atoms with E-state index in [4.69, 9.17) is 0 Å². The first-order valence-corrected chi connectivity index (χ1v) is 7.86. The fourth-order valence-corrected chi connectivity index (χ4v) is 2.49. The standard InChI is InChI=1S/C14H21NO2S/c1-3-4-5-6-7-12-15-18(16,17)14-10-8-13(2)9-11-14/h8-12H,3-7H2,1-2H3/b15-12-. The molecule has 0 unspecified atom stereocenters. The normalized spacial score (nSPS) is 12.1. The van der Waals surface area contributed by atoms with Crippen molar-refractivity contribution in [2.75, 3.05) is 0 Å². The van der Waals surface area contributed by atoms with Gasteiger partial charge in [-0.1, -0.05) is 43.9 Å². The molecule has 0 bridgehead atoms. The van der Waals surface area contributed by atoms with Crippen molar-refractivity contribution in [1.29, 1.82) is 0 Å². The van der Waals surface area contributed by atoms with Crippen molar-refractivity contribution in [3.05, 3.63) is 29.8 Å². The Morgan fingerprint density at radius 1 is 1.11 bits per heavy atom. The summed E-state index contributed by atoms with van der Waals surface area (Å²) >= 11 is 0. The molecule has 0 heterocycles. The van der Waals surface area contributed by atoms with Gasteiger partial charge in [-0.2, -0.15) is 12.8 Å². The predicted octanol–water partition coefficient (Wildman–Crippen LogP) is 3.72. The van der Waals surface area contributed by atoms with Crippen LogP contribution in [0.25, 0.3) is 0 Å². The summed E-state index contributed by atoms with van der Waals surface area (Å²) < 4.78 is 27.4. The zero-order chi connectivity index (χ0) is 13.4. The van der Waals surface area contributed by atoms with Crippen LogP contribution in [0.5, 0.6) is 0 Å². The van der Waals surface area contributed by atoms with Crippen LogP contribution >= 0.6 is 0 Å². The number of rotatable bonds is 7. The van der Waals surface area contributed by atoms with Crippen molar-refractivity contribution in [3.63, 3.8) is 0 Å². The second-order valence-electron chi connectivity index (χ2n) is 4.43. The summed E-state index contributed by atoms with van der Waals surface area (Å²) in [4.78, 5) is 0.262. The SMILES string of the molecule is CCCCCC/C=N\S(=O)(=O)c1ccc(C)cc1. The molecule has 3 nitrogen and oxygen atoms in total. The first kappa shape index (κ1) is 14.9. The Hall–Kier alpha value is -1.16. The van der Waals surface area contributed by atoms with E-state index in [1.165, 1.54) is 19.1 Å². The van der Waals surface area contributed by atoms with Gasteiger partial charge >= 0.3 is 0 Å². The number of benzene rings is 1. The number of sulfonamides is 1. The highest BCUT2D eigenvalue weighted by atomic mass is 32.2. The Balaban J connectivity index is 2.54. The molecule has 0 aliphatic carbocycles. The van der Waals surface area contributed by atoms with Crippen LogP contribution in [0.2, 0.25) is 0 Å². The quantitative estimate of drug-likeness (QED) is 0.558. The Labute approximate surface area is 110 Å². The monoisotopic (exact) mass is 267 g/mol. The number of hydrogen-bond donors (Lipinski definition) is 0. The van der Waals surface area contributed by atoms with E-state index >= 15 is 0 Å². The highest BCUT2D eigenvalue weighted by Crippen LogP contribution is 2.13. The summed E-state index contributed by atoms with van der Waals surface area (Å²) in [5.41, 5.74) is 1.04. The average Bonchev–Trinajstić information content (AvgIpc) is 2.34. The molecule has 0 radical (unpaired) electrons. The van der Waals surface area contributed by atoms with Gasteiger partial charge in [0.2, 0.25) is 0 Å². The minimum Gasteiger partial charge on any atom is -0.199 e. The van der Waals surface area contributed by atoms with Crippen LogP contribution in [0.3, 0.4) is 0 Å². The largest absolute Gasteiger partial charge is 0.281 e. The molecular weight excluding hydrogens is 246 g/mol. The van der Waals surface area contributed by atoms with Gasteiger partial charge in [0, 0.05) is 6.21 Å². The highest BCUT2D eigenvalue weighted by Gasteiger charge is 2.10. The van der Waals surface area contributed by atoms with E-state index in [0.29, 0.717) is 0 Å². The van der Waals surface area contributed by atoms with Crippen molar-refractivity contribution >= 4 is 16.2 Å². The lowest BCUT2D eigenvalue weighted by molar-refractivity contribution is 0.598. The average molecular weight is 267 g/mol. The predicted molar refractivity (Wildman–Crippen MR) is 75.6 cm³/mol. The molecule has 0 N–H and O–H groups in total. The zero-order valence-corrected chi connectivity index (χ0v) is 11.9. The molecule has 0 aromatic heterocycles. The molecule has 1 aromatic rings. The summed E-state index contributed by atoms with van der Waals surface area (Å²) in [7, 11) is -3.50. The van der Waals surface area contributed by atoms with Crippen molar-refractivity contribution in [2.45, 2.75) is 50.8 Å². The summed E-state index contributed by atoms with van der Waals surface area (Å²) in [6.45, 7) is 4.07. The lowest BCUT2D eigenvalue weighted by atomic mass is 10.2. The number of hydrogen-bond acceptors (Lipinski definition) is 2. The third kappa shape index (κ3) is 5.00. The molecule has 0 saturated heterocycles. The maximum atomic E-state index is 11.8. The zero-order valence-electron chi connectivity index (χ0n) is 11.1. The van der Waals surface area contributed by atoms with Gasteiger partial charge in [-0.15, -0.1) is 0 Å². The van der Waals surface area contributed by atoms with Crippen molar-refractivity contribution in [2.24, 2.45) is 4.40 Å². The van der Waals surface area contributed by atoms with E-state index < -0.39 is 10.0 Å². The molecule has 0 atom stereocenters. The maximum Gasteiger partial charge on any atom is 0.281 e. The fraction of sp³-hybridized carbons (Fsp3) is 0.500. The molecule has 18 heavy (non-hydrogen) atoms. The van der Waals surface area contributed by atoms with E-state index in [1.54, 1.807) is 24.3 Å². The molecule has 0 fully saturated rings. The van der Waals surface area contributed by atoms with Gasteiger partial charge in [-0.05, 0) is 31.9 Å². The molecule has 0 saturated carbocycles. The second kappa shape index (κ2) is 7.31. The molecule has 0 amide bonds. The van der Waals surface area contributed by atoms with Crippen LogP contribution in [-0.2, 0) is 10.0 Å². The van der Waals surface area contributed by atoms with Gasteiger partial charge in [-0.3, -0.25) is 0 Å². The molecule has 100 valence electrons. The van der Waals surface area contributed by atoms with Gasteiger partial charge in [0.1, 0.15) is 0 Å². The highest BCUT2D eigenvalue weighted by molar-refractivity contribution is 7.90. The summed E-state index contributed by atoms with van der Waals surface area (Å²) in [5.74, 6) is 0. The molecular formula is C14H21NO2S. The Bertz CT molecular complexity index is 475. The van der Waals surface area contributed by atoms with Gasteiger partial charge in [0.05, 0.1) is 4.90 Å². The smallest absolute Gasteiger partial charge is 0.199 e. The van der Waals surface area contributed by atoms with Gasteiger partial charge in [0.25, 0.3) is 10.0 Å². The Kier molecular flexibility index (Phi) is 6.05. The first-order chi connectivity index (χ1) is 8.56. The topological polar surface area (TPSA) is 46.5 Å². The molecule has 1 rings (SSSR count). The Morgan fingerprint density at radius 2 is 1.78 bits per heavy atom. The van der Waals surface area contributed by atoms with Crippen LogP contribution in [0.1, 0.15) is 44.6 Å². The molecule has 0 spiro atoms. The second-order valence-corrected chi connectivity index (χ2v) is 6.06. The Morgan fingerprint density at radius 3 is 2.39 bits per heavy atom. The molecule has 0 aliphatic heterocycles. The van der Waals surface area contributed by atoms with Crippen LogP contribution in [0.15, 0.2) is 33.6 Å². The van der Waals surface area contributed by atoms with Crippen LogP contribution in [-0.4, -0.2) is 14.6 Å². The van der Waals surface area contributed by atoms with E-state index in [1.807, 2.05) is 6.92 Å². The van der Waals surface area contributed by atoms with E-state index in [2.05, 4.69) is 11.3 Å². The molecule has 0 aliphatic rings. The van der Waals surface area contributed by atoms with Crippen LogP contribution in [0.4, 0.5) is 0 Å². The van der Waals surface area contributed by atoms with Crippen molar-refractivity contribution < 1.29 is 8.42 Å². The van der Waals surface area contributed by atoms with Gasteiger partial charge < -0.3 is 0 Å². The van der Waals surface area contributed by atoms with Gasteiger partial charge in [0.15, 0.2) is 0 Å². The number of aryl methyl sites for hydroxylation is 1. The summed E-state index contributed by atoms with van der Waals surface area (Å²) in [6, 6.07) is 6.76. The summed E-state index contributed by atoms with van der Waals surface area (Å²) in [5, 5.41) is 0. The third-order valence-corrected chi connectivity index (χ3v) is 4.01. The van der Waals surface area contributed by atoms with E-state index in [9.17, 15) is 8.42 Å². The van der Waals surface area contributed by atoms with Crippen molar-refractivity contribution in [1.82, 2.24) is 0 Å². The fourth-order valence-electron chi connectivity index (χ4n) is 1.58. The number of nitrogens with zero attached hydrogens (tertiary/aromatic N) is 1. The maximum absolute atomic E-state index is 11.8. The van der Waals surface area contributed by atoms with Crippen LogP contribution in [0, 0.1) is 6.92 Å². The number of unbranched alkanes of at least 4 members (excludes halogenated alkanes) is 4. The minimum absolute atomic E-state index is 0.262. The lowest BCUT2D eigenvalue weighted by Gasteiger charge is -1.99. The van der Waals surface area contributed by atoms with Gasteiger partial charge in [-0.25, -0.2) is 0 Å². The first-order valence-electron chi connectivity index (χ1n) is 6.41. The minimum atomic E-state index is -3.50. The van der Waals surface area contributed by atoms with Crippen molar-refractivity contribution in [3.8, 4) is 0 Å². The van der Waals surface area contributed by atoms with E-state index in [-0.39, 0.29) is 4.90 Å². The molecule has 1 aromatic carbocycles. The van der Waals surface area contributed by atoms with E-state index in [0.717, 1.165) is 24.8 Å². The third-order valence-electron chi connectivity index (χ3n) is 2.72. The lowest BCUT2D eigenvalue weighted by Crippen LogP contribution is -1.97. The summed E-state index contributed by atoms with van der Waals surface area (Å²) in [6.07, 6.45) is 6.75.